The number of ether oxygens (including phenoxy) is 2. The Bertz CT molecular complexity index is 804. The molecule has 120 valence electrons. The predicted molar refractivity (Wildman–Crippen MR) is 94.1 cm³/mol. The van der Waals surface area contributed by atoms with Crippen molar-refractivity contribution in [3.05, 3.63) is 54.2 Å². The van der Waals surface area contributed by atoms with Gasteiger partial charge in [0.2, 0.25) is 0 Å². The van der Waals surface area contributed by atoms with Crippen LogP contribution in [0.2, 0.25) is 0 Å². The molecule has 1 heterocycles. The molecule has 3 rings (SSSR count). The lowest BCUT2D eigenvalue weighted by Crippen LogP contribution is -1.99. The van der Waals surface area contributed by atoms with Gasteiger partial charge in [0.15, 0.2) is 0 Å². The first-order chi connectivity index (χ1) is 11.1. The Morgan fingerprint density at radius 3 is 2.39 bits per heavy atom. The lowest BCUT2D eigenvalue weighted by atomic mass is 10.1. The van der Waals surface area contributed by atoms with Gasteiger partial charge in [-0.15, -0.1) is 0 Å². The molecule has 0 radical (unpaired) electrons. The van der Waals surface area contributed by atoms with Gasteiger partial charge in [-0.2, -0.15) is 0 Å². The summed E-state index contributed by atoms with van der Waals surface area (Å²) in [6.45, 7) is 4.85. The SMILES string of the molecule is COc1ccc(OCc2cn(C(C)C)c3cc(N)ccc23)cc1. The van der Waals surface area contributed by atoms with Gasteiger partial charge >= 0.3 is 0 Å². The average molecular weight is 310 g/mol. The van der Waals surface area contributed by atoms with E-state index in [1.165, 1.54) is 5.39 Å². The van der Waals surface area contributed by atoms with Crippen LogP contribution in [0.5, 0.6) is 11.5 Å². The maximum absolute atomic E-state index is 5.94. The van der Waals surface area contributed by atoms with E-state index in [0.29, 0.717) is 12.6 Å². The Hall–Kier alpha value is -2.62. The van der Waals surface area contributed by atoms with Crippen molar-refractivity contribution in [3.8, 4) is 11.5 Å². The highest BCUT2D eigenvalue weighted by Gasteiger charge is 2.11. The van der Waals surface area contributed by atoms with E-state index < -0.39 is 0 Å². The van der Waals surface area contributed by atoms with Gasteiger partial charge in [0, 0.05) is 28.9 Å². The van der Waals surface area contributed by atoms with Crippen molar-refractivity contribution in [2.45, 2.75) is 26.5 Å². The Morgan fingerprint density at radius 2 is 1.74 bits per heavy atom. The second kappa shape index (κ2) is 6.24. The molecule has 0 aliphatic carbocycles. The molecule has 0 aliphatic rings. The summed E-state index contributed by atoms with van der Waals surface area (Å²) in [4.78, 5) is 0. The Kier molecular flexibility index (Phi) is 4.15. The van der Waals surface area contributed by atoms with Crippen molar-refractivity contribution >= 4 is 16.6 Å². The number of rotatable bonds is 5. The van der Waals surface area contributed by atoms with Crippen molar-refractivity contribution in [1.29, 1.82) is 0 Å². The van der Waals surface area contributed by atoms with Crippen molar-refractivity contribution in [1.82, 2.24) is 4.57 Å². The van der Waals surface area contributed by atoms with E-state index in [-0.39, 0.29) is 0 Å². The molecule has 3 aromatic rings. The zero-order chi connectivity index (χ0) is 16.4. The first-order valence-corrected chi connectivity index (χ1v) is 7.74. The predicted octanol–water partition coefficient (Wildman–Crippen LogP) is 4.39. The van der Waals surface area contributed by atoms with Crippen molar-refractivity contribution in [2.24, 2.45) is 0 Å². The number of benzene rings is 2. The number of anilines is 1. The summed E-state index contributed by atoms with van der Waals surface area (Å²) >= 11 is 0. The van der Waals surface area contributed by atoms with E-state index in [4.69, 9.17) is 15.2 Å². The van der Waals surface area contributed by atoms with Crippen LogP contribution in [0.3, 0.4) is 0 Å². The van der Waals surface area contributed by atoms with Gasteiger partial charge in [0.25, 0.3) is 0 Å². The van der Waals surface area contributed by atoms with Crippen LogP contribution in [0.25, 0.3) is 10.9 Å². The van der Waals surface area contributed by atoms with E-state index in [1.807, 2.05) is 36.4 Å². The molecule has 4 heteroatoms. The number of hydrogen-bond donors (Lipinski definition) is 1. The molecular weight excluding hydrogens is 288 g/mol. The summed E-state index contributed by atoms with van der Waals surface area (Å²) in [5, 5.41) is 1.18. The summed E-state index contributed by atoms with van der Waals surface area (Å²) in [5.41, 5.74) is 9.02. The lowest BCUT2D eigenvalue weighted by Gasteiger charge is -2.09. The van der Waals surface area contributed by atoms with Crippen molar-refractivity contribution < 1.29 is 9.47 Å². The number of hydrogen-bond acceptors (Lipinski definition) is 3. The second-order valence-electron chi connectivity index (χ2n) is 5.90. The van der Waals surface area contributed by atoms with Crippen LogP contribution in [0.15, 0.2) is 48.7 Å². The number of nitrogens with zero attached hydrogens (tertiary/aromatic N) is 1. The Labute approximate surface area is 136 Å². The second-order valence-corrected chi connectivity index (χ2v) is 5.90. The molecule has 2 N–H and O–H groups in total. The normalized spacial score (nSPS) is 11.1. The van der Waals surface area contributed by atoms with Gasteiger partial charge < -0.3 is 19.8 Å². The summed E-state index contributed by atoms with van der Waals surface area (Å²) in [5.74, 6) is 1.65. The van der Waals surface area contributed by atoms with Crippen LogP contribution in [0.1, 0.15) is 25.5 Å². The fraction of sp³-hybridized carbons (Fsp3) is 0.263. The molecule has 0 amide bonds. The number of nitrogens with two attached hydrogens (primary N) is 1. The molecule has 1 aromatic heterocycles. The molecule has 4 nitrogen and oxygen atoms in total. The van der Waals surface area contributed by atoms with Crippen LogP contribution in [-0.2, 0) is 6.61 Å². The molecule has 2 aromatic carbocycles. The van der Waals surface area contributed by atoms with E-state index in [0.717, 1.165) is 28.3 Å². The van der Waals surface area contributed by atoms with Crippen LogP contribution in [0, 0.1) is 0 Å². The summed E-state index contributed by atoms with van der Waals surface area (Å²) in [6.07, 6.45) is 2.15. The molecular formula is C19H22N2O2. The molecule has 0 unspecified atom stereocenters. The monoisotopic (exact) mass is 310 g/mol. The van der Waals surface area contributed by atoms with Crippen molar-refractivity contribution in [2.75, 3.05) is 12.8 Å². The summed E-state index contributed by atoms with van der Waals surface area (Å²) in [6, 6.07) is 14.0. The third-order valence-corrected chi connectivity index (χ3v) is 3.95. The third-order valence-electron chi connectivity index (χ3n) is 3.95. The fourth-order valence-electron chi connectivity index (χ4n) is 2.72. The number of nitrogen functional groups attached to an aromatic ring is 1. The largest absolute Gasteiger partial charge is 0.497 e. The lowest BCUT2D eigenvalue weighted by molar-refractivity contribution is 0.306. The van der Waals surface area contributed by atoms with Gasteiger partial charge in [0.1, 0.15) is 18.1 Å². The molecule has 23 heavy (non-hydrogen) atoms. The minimum Gasteiger partial charge on any atom is -0.497 e. The molecule has 0 bridgehead atoms. The van der Waals surface area contributed by atoms with Gasteiger partial charge in [0.05, 0.1) is 12.6 Å². The van der Waals surface area contributed by atoms with Gasteiger partial charge in [-0.3, -0.25) is 0 Å². The van der Waals surface area contributed by atoms with Gasteiger partial charge in [-0.05, 0) is 50.2 Å². The maximum atomic E-state index is 5.94. The molecule has 0 saturated heterocycles. The third kappa shape index (κ3) is 3.11. The zero-order valence-electron chi connectivity index (χ0n) is 13.7. The number of methoxy groups -OCH3 is 1. The Balaban J connectivity index is 1.87. The first kappa shape index (κ1) is 15.3. The Morgan fingerprint density at radius 1 is 1.04 bits per heavy atom. The highest BCUT2D eigenvalue weighted by Crippen LogP contribution is 2.28. The van der Waals surface area contributed by atoms with Crippen molar-refractivity contribution in [3.63, 3.8) is 0 Å². The molecule has 0 spiro atoms. The van der Waals surface area contributed by atoms with Gasteiger partial charge in [-0.1, -0.05) is 6.07 Å². The standard InChI is InChI=1S/C19H22N2O2/c1-13(2)21-11-14(18-9-4-15(20)10-19(18)21)12-23-17-7-5-16(22-3)6-8-17/h4-11,13H,12,20H2,1-3H3. The minimum absolute atomic E-state index is 0.369. The van der Waals surface area contributed by atoms with E-state index in [2.05, 4.69) is 30.7 Å². The minimum atomic E-state index is 0.369. The zero-order valence-corrected chi connectivity index (χ0v) is 13.7. The topological polar surface area (TPSA) is 49.4 Å². The number of aromatic nitrogens is 1. The quantitative estimate of drug-likeness (QED) is 0.711. The van der Waals surface area contributed by atoms with E-state index >= 15 is 0 Å². The van der Waals surface area contributed by atoms with Crippen LogP contribution < -0.4 is 15.2 Å². The van der Waals surface area contributed by atoms with Gasteiger partial charge in [-0.25, -0.2) is 0 Å². The average Bonchev–Trinajstić information content (AvgIpc) is 2.91. The number of fused-ring (bicyclic) bond motifs is 1. The molecule has 0 saturated carbocycles. The summed E-state index contributed by atoms with van der Waals surface area (Å²) < 4.78 is 13.3. The summed E-state index contributed by atoms with van der Waals surface area (Å²) in [7, 11) is 1.66. The maximum Gasteiger partial charge on any atom is 0.120 e. The molecule has 0 aliphatic heterocycles. The highest BCUT2D eigenvalue weighted by atomic mass is 16.5. The van der Waals surface area contributed by atoms with Crippen LogP contribution in [0.4, 0.5) is 5.69 Å². The van der Waals surface area contributed by atoms with Crippen LogP contribution in [-0.4, -0.2) is 11.7 Å². The molecule has 0 fully saturated rings. The van der Waals surface area contributed by atoms with E-state index in [1.54, 1.807) is 7.11 Å². The smallest absolute Gasteiger partial charge is 0.120 e. The highest BCUT2D eigenvalue weighted by molar-refractivity contribution is 5.86. The molecule has 0 atom stereocenters. The van der Waals surface area contributed by atoms with Crippen LogP contribution >= 0.6 is 0 Å². The van der Waals surface area contributed by atoms with E-state index in [9.17, 15) is 0 Å². The fourth-order valence-corrected chi connectivity index (χ4v) is 2.72. The first-order valence-electron chi connectivity index (χ1n) is 7.74.